The number of aromatic nitrogens is 2. The van der Waals surface area contributed by atoms with Crippen LogP contribution < -0.4 is 0 Å². The third-order valence-corrected chi connectivity index (χ3v) is 4.58. The fraction of sp³-hybridized carbons (Fsp3) is 0.294. The molecule has 0 spiro atoms. The summed E-state index contributed by atoms with van der Waals surface area (Å²) in [6.45, 7) is 5.62. The van der Waals surface area contributed by atoms with Crippen molar-refractivity contribution in [1.29, 1.82) is 0 Å². The Morgan fingerprint density at radius 1 is 1.48 bits per heavy atom. The van der Waals surface area contributed by atoms with Crippen LogP contribution in [0.2, 0.25) is 0 Å². The smallest absolute Gasteiger partial charge is 0.338 e. The molecular weight excluding hydrogens is 312 g/mol. The van der Waals surface area contributed by atoms with Gasteiger partial charge < -0.3 is 14.2 Å². The van der Waals surface area contributed by atoms with E-state index in [1.165, 1.54) is 0 Å². The average molecular weight is 330 g/mol. The first-order valence-corrected chi connectivity index (χ1v) is 8.31. The highest BCUT2D eigenvalue weighted by Crippen LogP contribution is 2.30. The van der Waals surface area contributed by atoms with Crippen molar-refractivity contribution in [2.75, 3.05) is 6.61 Å². The van der Waals surface area contributed by atoms with Crippen molar-refractivity contribution >= 4 is 22.8 Å². The molecule has 3 rings (SSSR count). The first kappa shape index (κ1) is 15.7. The molecule has 0 aromatic carbocycles. The highest BCUT2D eigenvalue weighted by molar-refractivity contribution is 7.13. The van der Waals surface area contributed by atoms with Gasteiger partial charge in [-0.1, -0.05) is 0 Å². The van der Waals surface area contributed by atoms with Crippen LogP contribution in [0.15, 0.2) is 29.9 Å². The van der Waals surface area contributed by atoms with Crippen molar-refractivity contribution in [2.24, 2.45) is 0 Å². The van der Waals surface area contributed by atoms with E-state index in [9.17, 15) is 9.90 Å². The van der Waals surface area contributed by atoms with Crippen molar-refractivity contribution in [3.8, 4) is 10.6 Å². The molecular formula is C17H18N2O3S. The highest BCUT2D eigenvalue weighted by Gasteiger charge is 2.20. The summed E-state index contributed by atoms with van der Waals surface area (Å²) < 4.78 is 7.05. The molecule has 5 nitrogen and oxygen atoms in total. The average Bonchev–Trinajstić information content (AvgIpc) is 3.14. The molecule has 3 aromatic rings. The molecule has 0 aliphatic carbocycles. The lowest BCUT2D eigenvalue weighted by Crippen LogP contribution is -2.12. The number of nitrogens with zero attached hydrogens (tertiary/aromatic N) is 2. The summed E-state index contributed by atoms with van der Waals surface area (Å²) in [6, 6.07) is 3.77. The van der Waals surface area contributed by atoms with Crippen molar-refractivity contribution in [1.82, 2.24) is 9.38 Å². The Morgan fingerprint density at radius 2 is 2.26 bits per heavy atom. The third kappa shape index (κ3) is 2.75. The van der Waals surface area contributed by atoms with Gasteiger partial charge in [0.25, 0.3) is 0 Å². The Labute approximate surface area is 138 Å². The van der Waals surface area contributed by atoms with E-state index in [0.29, 0.717) is 17.9 Å². The number of rotatable bonds is 4. The largest absolute Gasteiger partial charge is 0.462 e. The van der Waals surface area contributed by atoms with E-state index in [1.807, 2.05) is 29.0 Å². The fourth-order valence-corrected chi connectivity index (χ4v) is 3.41. The van der Waals surface area contributed by atoms with Gasteiger partial charge in [0.2, 0.25) is 0 Å². The monoisotopic (exact) mass is 330 g/mol. The first-order chi connectivity index (χ1) is 11.0. The molecule has 1 unspecified atom stereocenters. The number of aliphatic hydroxyl groups is 1. The van der Waals surface area contributed by atoms with Gasteiger partial charge in [-0.2, -0.15) is 0 Å². The summed E-state index contributed by atoms with van der Waals surface area (Å²) in [6.07, 6.45) is 2.99. The second-order valence-corrected chi connectivity index (χ2v) is 6.22. The zero-order valence-corrected chi connectivity index (χ0v) is 14.1. The quantitative estimate of drug-likeness (QED) is 0.742. The van der Waals surface area contributed by atoms with Gasteiger partial charge in [-0.3, -0.25) is 0 Å². The molecule has 6 heteroatoms. The van der Waals surface area contributed by atoms with E-state index in [1.54, 1.807) is 37.4 Å². The summed E-state index contributed by atoms with van der Waals surface area (Å²) in [7, 11) is 0. The number of ether oxygens (including phenoxy) is 1. The Hall–Kier alpha value is -2.18. The maximum Gasteiger partial charge on any atom is 0.338 e. The number of thiazole rings is 1. The Bertz CT molecular complexity index is 850. The van der Waals surface area contributed by atoms with Gasteiger partial charge in [0.05, 0.1) is 24.0 Å². The SMILES string of the molecule is CCOC(=O)c1cc2cc(-c3nccs3)cn2c(C(C)O)c1C. The van der Waals surface area contributed by atoms with Gasteiger partial charge in [0, 0.05) is 28.9 Å². The number of aliphatic hydroxyl groups excluding tert-OH is 1. The maximum atomic E-state index is 12.2. The molecule has 23 heavy (non-hydrogen) atoms. The summed E-state index contributed by atoms with van der Waals surface area (Å²) in [5.74, 6) is -0.369. The minimum Gasteiger partial charge on any atom is -0.462 e. The van der Waals surface area contributed by atoms with Crippen LogP contribution in [-0.4, -0.2) is 27.1 Å². The van der Waals surface area contributed by atoms with Gasteiger partial charge >= 0.3 is 5.97 Å². The summed E-state index contributed by atoms with van der Waals surface area (Å²) in [5.41, 5.74) is 3.70. The van der Waals surface area contributed by atoms with Crippen LogP contribution in [0, 0.1) is 6.92 Å². The van der Waals surface area contributed by atoms with E-state index < -0.39 is 6.10 Å². The standard InChI is InChI=1S/C17H18N2O3S/c1-4-22-17(21)14-8-13-7-12(16-18-5-6-23-16)9-19(13)15(10(14)2)11(3)20/h5-9,11,20H,4H2,1-3H3. The third-order valence-electron chi connectivity index (χ3n) is 3.76. The molecule has 1 atom stereocenters. The Balaban J connectivity index is 2.24. The second-order valence-electron chi connectivity index (χ2n) is 5.33. The van der Waals surface area contributed by atoms with Gasteiger partial charge in [0.15, 0.2) is 0 Å². The summed E-state index contributed by atoms with van der Waals surface area (Å²) in [5, 5.41) is 13.0. The van der Waals surface area contributed by atoms with Crippen molar-refractivity contribution in [3.63, 3.8) is 0 Å². The number of fused-ring (bicyclic) bond motifs is 1. The van der Waals surface area contributed by atoms with Crippen molar-refractivity contribution in [3.05, 3.63) is 46.7 Å². The molecule has 120 valence electrons. The normalized spacial score (nSPS) is 12.5. The lowest BCUT2D eigenvalue weighted by Gasteiger charge is -2.16. The number of esters is 1. The van der Waals surface area contributed by atoms with Crippen LogP contribution in [0.1, 0.15) is 41.6 Å². The lowest BCUT2D eigenvalue weighted by molar-refractivity contribution is 0.0525. The molecule has 0 aliphatic rings. The minimum absolute atomic E-state index is 0.318. The number of carbonyl (C=O) groups excluding carboxylic acids is 1. The molecule has 3 heterocycles. The van der Waals surface area contributed by atoms with Gasteiger partial charge in [-0.15, -0.1) is 11.3 Å². The minimum atomic E-state index is -0.705. The van der Waals surface area contributed by atoms with Crippen LogP contribution >= 0.6 is 11.3 Å². The summed E-state index contributed by atoms with van der Waals surface area (Å²) in [4.78, 5) is 16.5. The fourth-order valence-electron chi connectivity index (χ4n) is 2.79. The van der Waals surface area contributed by atoms with Crippen LogP contribution in [0.25, 0.3) is 16.1 Å². The van der Waals surface area contributed by atoms with E-state index >= 15 is 0 Å². The topological polar surface area (TPSA) is 63.8 Å². The Kier molecular flexibility index (Phi) is 4.19. The molecule has 0 amide bonds. The van der Waals surface area contributed by atoms with Gasteiger partial charge in [0.1, 0.15) is 5.01 Å². The van der Waals surface area contributed by atoms with E-state index in [4.69, 9.17) is 4.74 Å². The Morgan fingerprint density at radius 3 is 2.87 bits per heavy atom. The molecule has 0 saturated heterocycles. The number of carbonyl (C=O) groups is 1. The predicted molar refractivity (Wildman–Crippen MR) is 89.8 cm³/mol. The van der Waals surface area contributed by atoms with Crippen LogP contribution in [0.3, 0.4) is 0 Å². The molecule has 0 radical (unpaired) electrons. The molecule has 1 N–H and O–H groups in total. The number of pyridine rings is 1. The predicted octanol–water partition coefficient (Wildman–Crippen LogP) is 3.60. The van der Waals surface area contributed by atoms with E-state index in [0.717, 1.165) is 21.7 Å². The molecule has 0 saturated carbocycles. The summed E-state index contributed by atoms with van der Waals surface area (Å²) >= 11 is 1.55. The number of hydrogen-bond donors (Lipinski definition) is 1. The molecule has 0 aliphatic heterocycles. The first-order valence-electron chi connectivity index (χ1n) is 7.43. The number of hydrogen-bond acceptors (Lipinski definition) is 5. The van der Waals surface area contributed by atoms with Crippen molar-refractivity contribution in [2.45, 2.75) is 26.9 Å². The zero-order chi connectivity index (χ0) is 16.6. The van der Waals surface area contributed by atoms with E-state index in [2.05, 4.69) is 4.98 Å². The molecule has 0 bridgehead atoms. The highest BCUT2D eigenvalue weighted by atomic mass is 32.1. The zero-order valence-electron chi connectivity index (χ0n) is 13.2. The molecule has 3 aromatic heterocycles. The van der Waals surface area contributed by atoms with E-state index in [-0.39, 0.29) is 5.97 Å². The van der Waals surface area contributed by atoms with Crippen LogP contribution in [-0.2, 0) is 4.74 Å². The van der Waals surface area contributed by atoms with Crippen LogP contribution in [0.4, 0.5) is 0 Å². The van der Waals surface area contributed by atoms with Crippen molar-refractivity contribution < 1.29 is 14.6 Å². The lowest BCUT2D eigenvalue weighted by atomic mass is 10.0. The maximum absolute atomic E-state index is 12.2. The van der Waals surface area contributed by atoms with Gasteiger partial charge in [-0.25, -0.2) is 9.78 Å². The van der Waals surface area contributed by atoms with Gasteiger partial charge in [-0.05, 0) is 38.5 Å². The molecule has 0 fully saturated rings. The van der Waals surface area contributed by atoms with Crippen LogP contribution in [0.5, 0.6) is 0 Å². The second kappa shape index (κ2) is 6.14.